The van der Waals surface area contributed by atoms with E-state index in [0.29, 0.717) is 21.5 Å². The number of nitrogens with one attached hydrogen (secondary N) is 2. The van der Waals surface area contributed by atoms with Crippen LogP contribution in [0.3, 0.4) is 0 Å². The van der Waals surface area contributed by atoms with Gasteiger partial charge in [0.05, 0.1) is 10.9 Å². The molecule has 0 spiro atoms. The van der Waals surface area contributed by atoms with E-state index in [-0.39, 0.29) is 12.8 Å². The number of benzene rings is 2. The molecule has 0 amide bonds. The number of hydrogen-bond donors (Lipinski definition) is 2. The van der Waals surface area contributed by atoms with Crippen molar-refractivity contribution in [3.8, 4) is 11.5 Å². The second kappa shape index (κ2) is 7.51. The molecular formula is C18H20N2O4S2. The van der Waals surface area contributed by atoms with Gasteiger partial charge in [-0.05, 0) is 48.5 Å². The van der Waals surface area contributed by atoms with Gasteiger partial charge in [0, 0.05) is 18.0 Å². The van der Waals surface area contributed by atoms with E-state index < -0.39 is 9.84 Å². The van der Waals surface area contributed by atoms with Crippen LogP contribution in [0.5, 0.6) is 11.5 Å². The summed E-state index contributed by atoms with van der Waals surface area (Å²) in [6, 6.07) is 12.3. The Bertz CT molecular complexity index is 911. The van der Waals surface area contributed by atoms with Crippen molar-refractivity contribution in [1.82, 2.24) is 5.32 Å². The van der Waals surface area contributed by atoms with Gasteiger partial charge in [0.25, 0.3) is 0 Å². The highest BCUT2D eigenvalue weighted by Gasteiger charge is 2.15. The first-order chi connectivity index (χ1) is 12.4. The molecule has 0 bridgehead atoms. The molecule has 0 saturated carbocycles. The molecule has 1 heterocycles. The molecule has 3 rings (SSSR count). The van der Waals surface area contributed by atoms with E-state index in [1.807, 2.05) is 25.1 Å². The molecule has 1 aliphatic rings. The summed E-state index contributed by atoms with van der Waals surface area (Å²) in [5.41, 5.74) is 1.77. The minimum Gasteiger partial charge on any atom is -0.454 e. The number of fused-ring (bicyclic) bond motifs is 1. The van der Waals surface area contributed by atoms with Gasteiger partial charge in [0.1, 0.15) is 0 Å². The molecule has 8 heteroatoms. The van der Waals surface area contributed by atoms with Crippen molar-refractivity contribution in [2.75, 3.05) is 18.4 Å². The molecule has 138 valence electrons. The SMILES string of the molecule is CCC(NC(=S)Nc1ccc2c(c1)OCO2)c1ccc(S(C)(=O)=O)cc1. The first-order valence-corrected chi connectivity index (χ1v) is 10.4. The Morgan fingerprint density at radius 1 is 1.15 bits per heavy atom. The van der Waals surface area contributed by atoms with Gasteiger partial charge < -0.3 is 20.1 Å². The number of anilines is 1. The minimum absolute atomic E-state index is 0.0300. The number of thiocarbonyl (C=S) groups is 1. The fourth-order valence-electron chi connectivity index (χ4n) is 2.67. The Morgan fingerprint density at radius 3 is 2.50 bits per heavy atom. The third-order valence-corrected chi connectivity index (χ3v) is 5.40. The van der Waals surface area contributed by atoms with Crippen molar-refractivity contribution in [3.63, 3.8) is 0 Å². The smallest absolute Gasteiger partial charge is 0.231 e. The zero-order chi connectivity index (χ0) is 18.7. The first kappa shape index (κ1) is 18.5. The highest BCUT2D eigenvalue weighted by molar-refractivity contribution is 7.90. The van der Waals surface area contributed by atoms with Gasteiger partial charge in [-0.3, -0.25) is 0 Å². The molecule has 2 N–H and O–H groups in total. The van der Waals surface area contributed by atoms with E-state index >= 15 is 0 Å². The van der Waals surface area contributed by atoms with Gasteiger partial charge in [-0.15, -0.1) is 0 Å². The van der Waals surface area contributed by atoms with E-state index in [9.17, 15) is 8.42 Å². The molecule has 0 aliphatic carbocycles. The zero-order valence-corrected chi connectivity index (χ0v) is 16.1. The largest absolute Gasteiger partial charge is 0.454 e. The van der Waals surface area contributed by atoms with Gasteiger partial charge >= 0.3 is 0 Å². The van der Waals surface area contributed by atoms with Crippen molar-refractivity contribution in [2.45, 2.75) is 24.3 Å². The minimum atomic E-state index is -3.20. The van der Waals surface area contributed by atoms with Crippen LogP contribution in [0, 0.1) is 0 Å². The summed E-state index contributed by atoms with van der Waals surface area (Å²) in [5, 5.41) is 6.86. The maximum atomic E-state index is 11.6. The Labute approximate surface area is 158 Å². The summed E-state index contributed by atoms with van der Waals surface area (Å²) >= 11 is 5.40. The van der Waals surface area contributed by atoms with E-state index in [1.54, 1.807) is 24.3 Å². The number of ether oxygens (including phenoxy) is 2. The van der Waals surface area contributed by atoms with Crippen molar-refractivity contribution < 1.29 is 17.9 Å². The Hall–Kier alpha value is -2.32. The third-order valence-electron chi connectivity index (χ3n) is 4.05. The molecule has 0 saturated heterocycles. The van der Waals surface area contributed by atoms with Crippen LogP contribution in [0.15, 0.2) is 47.4 Å². The van der Waals surface area contributed by atoms with Crippen molar-refractivity contribution in [2.24, 2.45) is 0 Å². The maximum Gasteiger partial charge on any atom is 0.231 e. The first-order valence-electron chi connectivity index (χ1n) is 8.14. The Balaban J connectivity index is 1.66. The number of rotatable bonds is 5. The van der Waals surface area contributed by atoms with Gasteiger partial charge in [0.2, 0.25) is 6.79 Å². The highest BCUT2D eigenvalue weighted by Crippen LogP contribution is 2.34. The standard InChI is InChI=1S/C18H20N2O4S2/c1-3-15(12-4-7-14(8-5-12)26(2,21)22)20-18(25)19-13-6-9-16-17(10-13)24-11-23-16/h4-10,15H,3,11H2,1-2H3,(H2,19,20,25). The van der Waals surface area contributed by atoms with Crippen LogP contribution >= 0.6 is 12.2 Å². The molecule has 1 aliphatic heterocycles. The predicted octanol–water partition coefficient (Wildman–Crippen LogP) is 3.26. The Kier molecular flexibility index (Phi) is 5.33. The molecule has 0 fully saturated rings. The highest BCUT2D eigenvalue weighted by atomic mass is 32.2. The van der Waals surface area contributed by atoms with Gasteiger partial charge in [-0.25, -0.2) is 8.42 Å². The molecule has 6 nitrogen and oxygen atoms in total. The molecule has 2 aromatic rings. The quantitative estimate of drug-likeness (QED) is 0.757. The van der Waals surface area contributed by atoms with Crippen LogP contribution in [-0.2, 0) is 9.84 Å². The van der Waals surface area contributed by atoms with Crippen molar-refractivity contribution in [1.29, 1.82) is 0 Å². The summed E-state index contributed by atoms with van der Waals surface area (Å²) in [6.07, 6.45) is 1.99. The van der Waals surface area contributed by atoms with Crippen LogP contribution in [0.4, 0.5) is 5.69 Å². The fraction of sp³-hybridized carbons (Fsp3) is 0.278. The normalized spacial score (nSPS) is 13.9. The summed E-state index contributed by atoms with van der Waals surface area (Å²) < 4.78 is 33.8. The average Bonchev–Trinajstić information content (AvgIpc) is 3.07. The van der Waals surface area contributed by atoms with Gasteiger partial charge in [0.15, 0.2) is 26.4 Å². The lowest BCUT2D eigenvalue weighted by Gasteiger charge is -2.20. The van der Waals surface area contributed by atoms with Crippen LogP contribution in [0.25, 0.3) is 0 Å². The van der Waals surface area contributed by atoms with Crippen molar-refractivity contribution >= 4 is 32.9 Å². The lowest BCUT2D eigenvalue weighted by Crippen LogP contribution is -2.32. The fourth-order valence-corrected chi connectivity index (χ4v) is 3.56. The lowest BCUT2D eigenvalue weighted by molar-refractivity contribution is 0.174. The molecule has 1 atom stereocenters. The monoisotopic (exact) mass is 392 g/mol. The van der Waals surface area contributed by atoms with Crippen LogP contribution in [0.2, 0.25) is 0 Å². The molecule has 0 aromatic heterocycles. The maximum absolute atomic E-state index is 11.6. The summed E-state index contributed by atoms with van der Waals surface area (Å²) in [4.78, 5) is 0.303. The molecular weight excluding hydrogens is 372 g/mol. The Morgan fingerprint density at radius 2 is 1.85 bits per heavy atom. The third kappa shape index (κ3) is 4.25. The second-order valence-corrected chi connectivity index (χ2v) is 8.39. The summed E-state index contributed by atoms with van der Waals surface area (Å²) in [6.45, 7) is 2.26. The van der Waals surface area contributed by atoms with Crippen LogP contribution < -0.4 is 20.1 Å². The molecule has 1 unspecified atom stereocenters. The molecule has 26 heavy (non-hydrogen) atoms. The topological polar surface area (TPSA) is 76.7 Å². The van der Waals surface area contributed by atoms with E-state index in [0.717, 1.165) is 17.7 Å². The van der Waals surface area contributed by atoms with E-state index in [2.05, 4.69) is 10.6 Å². The zero-order valence-electron chi connectivity index (χ0n) is 14.5. The summed E-state index contributed by atoms with van der Waals surface area (Å²) in [5.74, 6) is 1.40. The number of hydrogen-bond acceptors (Lipinski definition) is 5. The predicted molar refractivity (Wildman–Crippen MR) is 105 cm³/mol. The van der Waals surface area contributed by atoms with Gasteiger partial charge in [-0.1, -0.05) is 19.1 Å². The van der Waals surface area contributed by atoms with Crippen LogP contribution in [0.1, 0.15) is 24.9 Å². The average molecular weight is 393 g/mol. The second-order valence-electron chi connectivity index (χ2n) is 5.97. The molecule has 2 aromatic carbocycles. The van der Waals surface area contributed by atoms with E-state index in [1.165, 1.54) is 6.26 Å². The van der Waals surface area contributed by atoms with Crippen LogP contribution in [-0.4, -0.2) is 26.6 Å². The molecule has 0 radical (unpaired) electrons. The van der Waals surface area contributed by atoms with Gasteiger partial charge in [-0.2, -0.15) is 0 Å². The summed E-state index contributed by atoms with van der Waals surface area (Å²) in [7, 11) is -3.20. The van der Waals surface area contributed by atoms with Crippen molar-refractivity contribution in [3.05, 3.63) is 48.0 Å². The van der Waals surface area contributed by atoms with E-state index in [4.69, 9.17) is 21.7 Å². The number of sulfone groups is 1. The lowest BCUT2D eigenvalue weighted by atomic mass is 10.1.